The van der Waals surface area contributed by atoms with Gasteiger partial charge in [0, 0.05) is 12.8 Å². The summed E-state index contributed by atoms with van der Waals surface area (Å²) >= 11 is 17.0. The number of ether oxygens (including phenoxy) is 8. The van der Waals surface area contributed by atoms with Gasteiger partial charge in [0.25, 0.3) is 29.5 Å². The second-order valence-corrected chi connectivity index (χ2v) is 25.4. The van der Waals surface area contributed by atoms with Crippen LogP contribution in [0.4, 0.5) is 0 Å². The van der Waals surface area contributed by atoms with E-state index in [0.717, 1.165) is 21.0 Å². The quantitative estimate of drug-likeness (QED) is 0.0306. The highest BCUT2D eigenvalue weighted by atomic mass is 35.6. The van der Waals surface area contributed by atoms with Gasteiger partial charge in [0.1, 0.15) is 42.9 Å². The summed E-state index contributed by atoms with van der Waals surface area (Å²) in [5.41, 5.74) is 0. The van der Waals surface area contributed by atoms with Gasteiger partial charge in [-0.3, -0.25) is 33.6 Å². The molecule has 6 amide bonds. The minimum Gasteiger partial charge on any atom is -0.466 e. The Morgan fingerprint density at radius 2 is 0.621 bits per heavy atom. The molecule has 0 aliphatic heterocycles. The third-order valence-electron chi connectivity index (χ3n) is 12.6. The van der Waals surface area contributed by atoms with E-state index in [2.05, 4.69) is 36.6 Å². The average Bonchev–Trinajstić information content (AvgIpc) is 2.87. The summed E-state index contributed by atoms with van der Waals surface area (Å²) in [5.74, 6) is -18.6. The SMILES string of the molecule is COC(=O)C(OC(=O)C(CC(=O)OCC(Cl)(Cl)Cl)NC(=O)[C@H](C)OC(=O)C(NC(=O)C(C)OC(=O)C(NC(=O)C(C)OC(=O)C(NC(=O)C(OC(=O)C(NC(=O)C(C)OC(=O)C(NC(C)=O)C(C)C)C(C)C)C(C)C)C(C)C)C(C)C)C(C)C)C(C)C. The molecule has 11 unspecified atom stereocenters. The van der Waals surface area contributed by atoms with E-state index in [0.29, 0.717) is 0 Å². The van der Waals surface area contributed by atoms with Crippen LogP contribution in [0.3, 0.4) is 0 Å². The van der Waals surface area contributed by atoms with Crippen molar-refractivity contribution >= 4 is 118 Å². The summed E-state index contributed by atoms with van der Waals surface area (Å²) in [5, 5.41) is 14.5. The van der Waals surface area contributed by atoms with Gasteiger partial charge in [0.15, 0.2) is 30.5 Å². The molecule has 0 aromatic carbocycles. The Kier molecular flexibility index (Phi) is 34.5. The lowest BCUT2D eigenvalue weighted by atomic mass is 10.0. The molecule has 0 fully saturated rings. The lowest BCUT2D eigenvalue weighted by Crippen LogP contribution is -2.55. The molecule has 12 atom stereocenters. The van der Waals surface area contributed by atoms with Crippen molar-refractivity contribution in [1.29, 1.82) is 0 Å². The predicted molar refractivity (Wildman–Crippen MR) is 311 cm³/mol. The first-order chi connectivity index (χ1) is 39.9. The number of esters is 8. The van der Waals surface area contributed by atoms with Gasteiger partial charge in [0.05, 0.1) is 13.5 Å². The molecule has 28 nitrogen and oxygen atoms in total. The number of alkyl halides is 3. The topological polar surface area (TPSA) is 385 Å². The van der Waals surface area contributed by atoms with Crippen LogP contribution in [-0.4, -0.2) is 174 Å². The second-order valence-electron chi connectivity index (χ2n) is 22.9. The number of methoxy groups -OCH3 is 1. The van der Waals surface area contributed by atoms with Crippen molar-refractivity contribution in [3.63, 3.8) is 0 Å². The van der Waals surface area contributed by atoms with Gasteiger partial charge in [-0.15, -0.1) is 0 Å². The number of rotatable bonds is 34. The summed E-state index contributed by atoms with van der Waals surface area (Å²) in [6, 6.07) is -8.63. The van der Waals surface area contributed by atoms with Gasteiger partial charge >= 0.3 is 47.8 Å². The van der Waals surface area contributed by atoms with Crippen molar-refractivity contribution in [1.82, 2.24) is 31.9 Å². The van der Waals surface area contributed by atoms with Crippen molar-refractivity contribution in [3.05, 3.63) is 0 Å². The van der Waals surface area contributed by atoms with Crippen molar-refractivity contribution in [2.75, 3.05) is 13.7 Å². The lowest BCUT2D eigenvalue weighted by Gasteiger charge is -2.29. The first-order valence-corrected chi connectivity index (χ1v) is 29.3. The van der Waals surface area contributed by atoms with E-state index < -0.39 is 208 Å². The summed E-state index contributed by atoms with van der Waals surface area (Å²) in [4.78, 5) is 184. The number of hydrogen-bond acceptors (Lipinski definition) is 22. The summed E-state index contributed by atoms with van der Waals surface area (Å²) in [7, 11) is 1.05. The molecule has 87 heavy (non-hydrogen) atoms. The zero-order valence-corrected chi connectivity index (χ0v) is 55.3. The number of amides is 6. The fraction of sp³-hybridized carbons (Fsp3) is 0.750. The number of carbonyl (C=O) groups excluding carboxylic acids is 14. The largest absolute Gasteiger partial charge is 0.466 e. The van der Waals surface area contributed by atoms with E-state index in [1.807, 2.05) is 0 Å². The Morgan fingerprint density at radius 3 is 0.897 bits per heavy atom. The molecule has 0 radical (unpaired) electrons. The van der Waals surface area contributed by atoms with Gasteiger partial charge in [-0.05, 0) is 63.2 Å². The van der Waals surface area contributed by atoms with Crippen LogP contribution in [0, 0.1) is 41.4 Å². The van der Waals surface area contributed by atoms with Gasteiger partial charge in [-0.1, -0.05) is 132 Å². The predicted octanol–water partition coefficient (Wildman–Crippen LogP) is 2.53. The third kappa shape index (κ3) is 28.4. The Morgan fingerprint density at radius 1 is 0.345 bits per heavy atom. The van der Waals surface area contributed by atoms with Crippen LogP contribution >= 0.6 is 34.8 Å². The fourth-order valence-corrected chi connectivity index (χ4v) is 7.46. The molecule has 0 bridgehead atoms. The van der Waals surface area contributed by atoms with Gasteiger partial charge in [0.2, 0.25) is 15.8 Å². The van der Waals surface area contributed by atoms with Crippen LogP contribution in [0.25, 0.3) is 0 Å². The minimum atomic E-state index is -2.04. The van der Waals surface area contributed by atoms with Crippen LogP contribution in [0.15, 0.2) is 0 Å². The van der Waals surface area contributed by atoms with E-state index in [9.17, 15) is 67.1 Å². The van der Waals surface area contributed by atoms with E-state index in [-0.39, 0.29) is 5.92 Å². The number of hydrogen-bond donors (Lipinski definition) is 6. The molecular formula is C56H89Cl3N6O22. The van der Waals surface area contributed by atoms with Crippen LogP contribution in [-0.2, 0) is 105 Å². The van der Waals surface area contributed by atoms with Gasteiger partial charge < -0.3 is 69.8 Å². The van der Waals surface area contributed by atoms with Crippen LogP contribution in [0.1, 0.15) is 138 Å². The first kappa shape index (κ1) is 80.5. The first-order valence-electron chi connectivity index (χ1n) is 28.2. The third-order valence-corrected chi connectivity index (χ3v) is 12.9. The van der Waals surface area contributed by atoms with E-state index in [1.165, 1.54) is 62.3 Å². The highest BCUT2D eigenvalue weighted by Crippen LogP contribution is 2.26. The van der Waals surface area contributed by atoms with Gasteiger partial charge in [-0.2, -0.15) is 0 Å². The smallest absolute Gasteiger partial charge is 0.347 e. The zero-order valence-electron chi connectivity index (χ0n) is 53.0. The highest BCUT2D eigenvalue weighted by molar-refractivity contribution is 6.67. The number of carbonyl (C=O) groups is 14. The van der Waals surface area contributed by atoms with Crippen LogP contribution in [0.2, 0.25) is 0 Å². The molecule has 0 aromatic rings. The molecule has 0 heterocycles. The molecule has 0 spiro atoms. The Labute approximate surface area is 522 Å². The molecular weight excluding hydrogens is 1210 g/mol. The van der Waals surface area contributed by atoms with E-state index >= 15 is 0 Å². The summed E-state index contributed by atoms with van der Waals surface area (Å²) < 4.78 is 39.9. The maximum absolute atomic E-state index is 13.8. The molecule has 0 aromatic heterocycles. The molecule has 0 saturated heterocycles. The second kappa shape index (κ2) is 37.3. The van der Waals surface area contributed by atoms with E-state index in [4.69, 9.17) is 68.0 Å². The number of halogens is 3. The summed E-state index contributed by atoms with van der Waals surface area (Å²) in [6.45, 7) is 27.0. The Hall–Kier alpha value is -6.55. The molecule has 31 heteroatoms. The van der Waals surface area contributed by atoms with Crippen molar-refractivity contribution in [3.8, 4) is 0 Å². The highest BCUT2D eigenvalue weighted by Gasteiger charge is 2.41. The van der Waals surface area contributed by atoms with Crippen molar-refractivity contribution in [2.24, 2.45) is 41.4 Å². The van der Waals surface area contributed by atoms with Crippen molar-refractivity contribution in [2.45, 2.75) is 215 Å². The normalized spacial score (nSPS) is 15.7. The fourth-order valence-electron chi connectivity index (χ4n) is 7.30. The van der Waals surface area contributed by atoms with E-state index in [1.54, 1.807) is 55.4 Å². The lowest BCUT2D eigenvalue weighted by molar-refractivity contribution is -0.172. The molecule has 496 valence electrons. The average molecular weight is 1300 g/mol. The zero-order chi connectivity index (χ0) is 67.9. The maximum atomic E-state index is 13.8. The van der Waals surface area contributed by atoms with Crippen molar-refractivity contribution < 1.29 is 105 Å². The molecule has 0 saturated carbocycles. The van der Waals surface area contributed by atoms with Crippen LogP contribution < -0.4 is 31.9 Å². The maximum Gasteiger partial charge on any atom is 0.347 e. The van der Waals surface area contributed by atoms with Crippen LogP contribution in [0.5, 0.6) is 0 Å². The van der Waals surface area contributed by atoms with Gasteiger partial charge in [-0.25, -0.2) is 33.6 Å². The summed E-state index contributed by atoms with van der Waals surface area (Å²) in [6.07, 6.45) is -10.3. The minimum absolute atomic E-state index is 0.383. The number of nitrogens with one attached hydrogen (secondary N) is 6. The standard InChI is InChI=1S/C56H89Cl3N6O22/c1-23(2)37(60-34(19)66)50(74)83-31(16)47(71)64-41(27(9)10)54(78)86-42(28(11)12)48(72)65-40(26(7)8)53(77)85-33(18)46(70)63-39(25(5)6)52(76)84-32(17)45(69)62-38(24(3)4)51(75)82-30(15)44(68)61-35(21-36(67)81-22-56(57,58)59)49(73)87-43(29(13)14)55(79)80-20/h23-33,35,37-43H,21-22H2,1-20H3,(H,60,66)(H,61,68)(H,62,69)(H,63,70)(H,64,71)(H,65,72)/t30-,31?,32?,33?,35?,37?,38?,39?,40?,41?,42?,43?/m0/s1. The Balaban J connectivity index is 6.06. The monoisotopic (exact) mass is 1300 g/mol. The molecule has 0 aliphatic carbocycles. The molecule has 6 N–H and O–H groups in total. The Bertz CT molecular complexity index is 2430. The molecule has 0 aliphatic rings. The molecule has 0 rings (SSSR count).